The molecule has 0 amide bonds. The molecule has 1 aromatic heterocycles. The third-order valence-electron chi connectivity index (χ3n) is 1.12. The van der Waals surface area contributed by atoms with Crippen molar-refractivity contribution in [2.24, 2.45) is 12.7 Å². The van der Waals surface area contributed by atoms with Gasteiger partial charge in [-0.1, -0.05) is 0 Å². The number of hydrogen-bond donors (Lipinski definition) is 1. The highest BCUT2D eigenvalue weighted by molar-refractivity contribution is 5.85. The summed E-state index contributed by atoms with van der Waals surface area (Å²) in [5.41, 5.74) is 5.96. The van der Waals surface area contributed by atoms with Crippen molar-refractivity contribution in [3.05, 3.63) is 18.2 Å². The Balaban J connectivity index is 0. The summed E-state index contributed by atoms with van der Waals surface area (Å²) in [6.07, 6.45) is 3.37. The molecule has 0 radical (unpaired) electrons. The van der Waals surface area contributed by atoms with Crippen LogP contribution in [0.15, 0.2) is 12.5 Å². The molecule has 0 aromatic carbocycles. The normalized spacial score (nSPS) is 13.4. The van der Waals surface area contributed by atoms with Gasteiger partial charge < -0.3 is 10.3 Å². The molecule has 0 aliphatic rings. The second kappa shape index (κ2) is 6.46. The molecule has 0 saturated heterocycles. The van der Waals surface area contributed by atoms with Gasteiger partial charge in [0.1, 0.15) is 0 Å². The van der Waals surface area contributed by atoms with Crippen LogP contribution in [-0.2, 0) is 13.4 Å². The van der Waals surface area contributed by atoms with Crippen LogP contribution in [0.2, 0.25) is 0 Å². The van der Waals surface area contributed by atoms with Gasteiger partial charge in [-0.3, -0.25) is 0 Å². The van der Waals surface area contributed by atoms with Crippen molar-refractivity contribution >= 4 is 24.8 Å². The van der Waals surface area contributed by atoms with Gasteiger partial charge in [-0.2, -0.15) is 0 Å². The Labute approximate surface area is 83.0 Å². The molecule has 1 aromatic rings. The zero-order valence-electron chi connectivity index (χ0n) is 8.86. The molecule has 0 aliphatic heterocycles. The number of halogens is 2. The minimum absolute atomic E-state index is 0. The molecule has 0 saturated carbocycles. The average molecular weight is 201 g/mol. The van der Waals surface area contributed by atoms with Gasteiger partial charge in [-0.15, -0.1) is 24.8 Å². The molecule has 1 heterocycles. The van der Waals surface area contributed by atoms with Crippen LogP contribution in [0.25, 0.3) is 0 Å². The number of imidazole rings is 1. The lowest BCUT2D eigenvalue weighted by molar-refractivity contribution is 0.804. The summed E-state index contributed by atoms with van der Waals surface area (Å²) in [7, 11) is 0. The van der Waals surface area contributed by atoms with E-state index in [1.807, 2.05) is 0 Å². The quantitative estimate of drug-likeness (QED) is 0.767. The van der Waals surface area contributed by atoms with Gasteiger partial charge in [0.05, 0.1) is 6.33 Å². The molecule has 11 heavy (non-hydrogen) atoms. The summed E-state index contributed by atoms with van der Waals surface area (Å²) in [5.74, 6) is 0. The van der Waals surface area contributed by atoms with Crippen molar-refractivity contribution < 1.29 is 4.11 Å². The standard InChI is InChI=1S/C6H11N3.2ClH/c1-9-5-8-4-6(9)2-3-7;;/h4-5H,2-3,7H2,1H3;2*1H/i1D3;;. The first-order valence-electron chi connectivity index (χ1n) is 4.27. The van der Waals surface area contributed by atoms with E-state index in [0.29, 0.717) is 18.7 Å². The van der Waals surface area contributed by atoms with Crippen molar-refractivity contribution in [1.82, 2.24) is 9.55 Å². The highest BCUT2D eigenvalue weighted by atomic mass is 35.5. The molecule has 0 fully saturated rings. The largest absolute Gasteiger partial charge is 0.338 e. The van der Waals surface area contributed by atoms with Crippen LogP contribution in [-0.4, -0.2) is 16.1 Å². The van der Waals surface area contributed by atoms with Gasteiger partial charge in [0.15, 0.2) is 0 Å². The van der Waals surface area contributed by atoms with Crippen LogP contribution in [0.3, 0.4) is 0 Å². The molecule has 0 aliphatic carbocycles. The van der Waals surface area contributed by atoms with Crippen LogP contribution >= 0.6 is 24.8 Å². The Morgan fingerprint density at radius 1 is 1.73 bits per heavy atom. The Morgan fingerprint density at radius 2 is 2.45 bits per heavy atom. The van der Waals surface area contributed by atoms with Crippen LogP contribution in [0.5, 0.6) is 0 Å². The first kappa shape index (κ1) is 7.40. The van der Waals surface area contributed by atoms with Gasteiger partial charge in [0.25, 0.3) is 0 Å². The fourth-order valence-corrected chi connectivity index (χ4v) is 0.655. The lowest BCUT2D eigenvalue weighted by atomic mass is 10.3. The highest BCUT2D eigenvalue weighted by Crippen LogP contribution is 1.94. The third-order valence-corrected chi connectivity index (χ3v) is 1.12. The summed E-state index contributed by atoms with van der Waals surface area (Å²) in [5, 5.41) is 0. The summed E-state index contributed by atoms with van der Waals surface area (Å²) in [6, 6.07) is 0. The summed E-state index contributed by atoms with van der Waals surface area (Å²) >= 11 is 0. The molecule has 66 valence electrons. The van der Waals surface area contributed by atoms with Crippen molar-refractivity contribution in [3.8, 4) is 0 Å². The van der Waals surface area contributed by atoms with E-state index in [-0.39, 0.29) is 24.8 Å². The molecule has 2 N–H and O–H groups in total. The van der Waals surface area contributed by atoms with Gasteiger partial charge in [-0.25, -0.2) is 4.98 Å². The van der Waals surface area contributed by atoms with Crippen molar-refractivity contribution in [2.75, 3.05) is 6.54 Å². The SMILES string of the molecule is Cl.Cl.[2H]C([2H])([2H])n1cncc1CCN. The predicted molar refractivity (Wildman–Crippen MR) is 50.5 cm³/mol. The Hall–Kier alpha value is -0.250. The molecular formula is C6H13Cl2N3. The van der Waals surface area contributed by atoms with Crippen molar-refractivity contribution in [2.45, 2.75) is 6.42 Å². The first-order valence-corrected chi connectivity index (χ1v) is 2.77. The molecule has 1 rings (SSSR count). The maximum Gasteiger partial charge on any atom is 0.0945 e. The number of hydrogen-bond acceptors (Lipinski definition) is 2. The Morgan fingerprint density at radius 3 is 3.00 bits per heavy atom. The van der Waals surface area contributed by atoms with Gasteiger partial charge >= 0.3 is 0 Å². The maximum absolute atomic E-state index is 7.12. The van der Waals surface area contributed by atoms with Crippen molar-refractivity contribution in [1.29, 1.82) is 0 Å². The van der Waals surface area contributed by atoms with E-state index in [1.54, 1.807) is 0 Å². The summed E-state index contributed by atoms with van der Waals surface area (Å²) in [4.78, 5) is 3.75. The number of aromatic nitrogens is 2. The van der Waals surface area contributed by atoms with E-state index in [4.69, 9.17) is 9.85 Å². The van der Waals surface area contributed by atoms with Gasteiger partial charge in [-0.05, 0) is 6.54 Å². The topological polar surface area (TPSA) is 43.8 Å². The second-order valence-electron chi connectivity index (χ2n) is 1.79. The first-order chi connectivity index (χ1) is 5.55. The Bertz CT molecular complexity index is 261. The average Bonchev–Trinajstić information content (AvgIpc) is 2.34. The van der Waals surface area contributed by atoms with Crippen LogP contribution in [0, 0.1) is 0 Å². The maximum atomic E-state index is 7.12. The van der Waals surface area contributed by atoms with E-state index in [0.717, 1.165) is 0 Å². The van der Waals surface area contributed by atoms with Gasteiger partial charge in [0, 0.05) is 29.4 Å². The second-order valence-corrected chi connectivity index (χ2v) is 1.79. The van der Waals surface area contributed by atoms with Crippen molar-refractivity contribution in [3.63, 3.8) is 0 Å². The molecular weight excluding hydrogens is 185 g/mol. The van der Waals surface area contributed by atoms with Crippen LogP contribution < -0.4 is 5.73 Å². The number of rotatable bonds is 2. The number of nitrogens with two attached hydrogens (primary N) is 1. The fraction of sp³-hybridized carbons (Fsp3) is 0.500. The minimum atomic E-state index is -2.14. The third kappa shape index (κ3) is 3.60. The van der Waals surface area contributed by atoms with E-state index < -0.39 is 6.98 Å². The lowest BCUT2D eigenvalue weighted by Gasteiger charge is -1.96. The predicted octanol–water partition coefficient (Wildman–Crippen LogP) is 0.765. The zero-order chi connectivity index (χ0) is 9.19. The zero-order valence-corrected chi connectivity index (χ0v) is 7.49. The molecule has 3 nitrogen and oxygen atoms in total. The Kier molecular flexibility index (Phi) is 4.35. The minimum Gasteiger partial charge on any atom is -0.338 e. The summed E-state index contributed by atoms with van der Waals surface area (Å²) < 4.78 is 22.5. The van der Waals surface area contributed by atoms with E-state index in [9.17, 15) is 0 Å². The number of nitrogens with zero attached hydrogens (tertiary/aromatic N) is 2. The lowest BCUT2D eigenvalue weighted by Crippen LogP contribution is -2.05. The summed E-state index contributed by atoms with van der Waals surface area (Å²) in [6.45, 7) is -1.71. The monoisotopic (exact) mass is 200 g/mol. The molecule has 5 heteroatoms. The smallest absolute Gasteiger partial charge is 0.0945 e. The van der Waals surface area contributed by atoms with E-state index in [2.05, 4.69) is 4.98 Å². The molecule has 0 atom stereocenters. The van der Waals surface area contributed by atoms with Gasteiger partial charge in [0.2, 0.25) is 0 Å². The van der Waals surface area contributed by atoms with E-state index in [1.165, 1.54) is 17.1 Å². The number of aryl methyl sites for hydroxylation is 1. The van der Waals surface area contributed by atoms with E-state index >= 15 is 0 Å². The fourth-order valence-electron chi connectivity index (χ4n) is 0.655. The molecule has 0 bridgehead atoms. The molecule has 0 unspecified atom stereocenters. The highest BCUT2D eigenvalue weighted by Gasteiger charge is 1.93. The van der Waals surface area contributed by atoms with Crippen LogP contribution in [0.4, 0.5) is 0 Å². The van der Waals surface area contributed by atoms with Crippen LogP contribution in [0.1, 0.15) is 9.81 Å². The molecule has 0 spiro atoms.